The van der Waals surface area contributed by atoms with Crippen molar-refractivity contribution in [2.24, 2.45) is 0 Å². The number of hydrogen-bond acceptors (Lipinski definition) is 4. The first-order chi connectivity index (χ1) is 18.3. The van der Waals surface area contributed by atoms with E-state index in [9.17, 15) is 13.2 Å². The maximum atomic E-state index is 13.9. The molecule has 0 spiro atoms. The van der Waals surface area contributed by atoms with Crippen LogP contribution in [0.5, 0.6) is 0 Å². The number of aromatic nitrogens is 2. The van der Waals surface area contributed by atoms with Gasteiger partial charge in [0.1, 0.15) is 0 Å². The zero-order chi connectivity index (χ0) is 26.7. The third-order valence-electron chi connectivity index (χ3n) is 6.95. The molecule has 0 atom stereocenters. The Morgan fingerprint density at radius 3 is 2.58 bits per heavy atom. The van der Waals surface area contributed by atoms with Gasteiger partial charge in [-0.05, 0) is 66.9 Å². The van der Waals surface area contributed by atoms with Gasteiger partial charge < -0.3 is 10.2 Å². The lowest BCUT2D eigenvalue weighted by molar-refractivity contribution is -0.138. The van der Waals surface area contributed by atoms with Gasteiger partial charge in [0.25, 0.3) is 0 Å². The van der Waals surface area contributed by atoms with E-state index in [2.05, 4.69) is 31.9 Å². The van der Waals surface area contributed by atoms with Crippen molar-refractivity contribution in [3.05, 3.63) is 101 Å². The minimum atomic E-state index is -4.41. The molecule has 1 saturated heterocycles. The van der Waals surface area contributed by atoms with Gasteiger partial charge in [-0.3, -0.25) is 9.30 Å². The Morgan fingerprint density at radius 2 is 1.79 bits per heavy atom. The highest BCUT2D eigenvalue weighted by Gasteiger charge is 2.34. The van der Waals surface area contributed by atoms with E-state index in [0.717, 1.165) is 48.4 Å². The minimum absolute atomic E-state index is 0.300. The number of nitrogens with one attached hydrogen (secondary N) is 1. The van der Waals surface area contributed by atoms with Gasteiger partial charge in [-0.1, -0.05) is 30.2 Å². The number of benzene rings is 2. The number of likely N-dealkylation sites (N-methyl/N-ethyl adjacent to an activating group) is 1. The molecule has 5 nitrogen and oxygen atoms in total. The second-order valence-electron chi connectivity index (χ2n) is 9.78. The number of pyridine rings is 1. The van der Waals surface area contributed by atoms with E-state index in [1.807, 2.05) is 61.0 Å². The summed E-state index contributed by atoms with van der Waals surface area (Å²) in [5.41, 5.74) is 3.96. The molecule has 2 aromatic carbocycles. The van der Waals surface area contributed by atoms with Crippen molar-refractivity contribution >= 4 is 11.2 Å². The molecule has 0 amide bonds. The number of piperazine rings is 1. The molecule has 0 saturated carbocycles. The molecule has 3 heterocycles. The SMILES string of the molecule is Cc1ccc(CNc2ccc(CN3CCN(C)CC3)c(C(F)(F)F)c2)cc1C#Cc1ncc2ccccn12. The molecular formula is C30H30F3N5. The number of nitrogens with zero attached hydrogens (tertiary/aromatic N) is 4. The fraction of sp³-hybridized carbons (Fsp3) is 0.300. The number of aryl methyl sites for hydroxylation is 1. The van der Waals surface area contributed by atoms with Crippen LogP contribution in [0.25, 0.3) is 5.52 Å². The minimum Gasteiger partial charge on any atom is -0.381 e. The summed E-state index contributed by atoms with van der Waals surface area (Å²) in [5.74, 6) is 7.00. The second kappa shape index (κ2) is 10.9. The average molecular weight is 518 g/mol. The van der Waals surface area contributed by atoms with Crippen LogP contribution in [0.4, 0.5) is 18.9 Å². The molecule has 0 bridgehead atoms. The van der Waals surface area contributed by atoms with Crippen molar-refractivity contribution in [2.45, 2.75) is 26.2 Å². The number of hydrogen-bond donors (Lipinski definition) is 1. The molecule has 1 aliphatic heterocycles. The van der Waals surface area contributed by atoms with Gasteiger partial charge >= 0.3 is 6.18 Å². The standard InChI is InChI=1S/C30H30F3N5/c1-22-6-7-23(17-24(22)9-11-29-35-20-27-5-3-4-12-38(27)29)19-34-26-10-8-25(28(18-26)30(31,32)33)21-37-15-13-36(2)14-16-37/h3-8,10,12,17-18,20,34H,13-16,19,21H2,1-2H3. The van der Waals surface area contributed by atoms with E-state index in [0.29, 0.717) is 30.2 Å². The fourth-order valence-electron chi connectivity index (χ4n) is 4.61. The Labute approximate surface area is 220 Å². The Hall–Kier alpha value is -3.80. The predicted octanol–water partition coefficient (Wildman–Crippen LogP) is 5.42. The number of fused-ring (bicyclic) bond motifs is 1. The summed E-state index contributed by atoms with van der Waals surface area (Å²) in [6.07, 6.45) is -0.711. The summed E-state index contributed by atoms with van der Waals surface area (Å²) in [6, 6.07) is 16.3. The van der Waals surface area contributed by atoms with E-state index < -0.39 is 11.7 Å². The van der Waals surface area contributed by atoms with Gasteiger partial charge in [-0.2, -0.15) is 13.2 Å². The highest BCUT2D eigenvalue weighted by Crippen LogP contribution is 2.34. The summed E-state index contributed by atoms with van der Waals surface area (Å²) in [6.45, 7) is 5.93. The van der Waals surface area contributed by atoms with Crippen LogP contribution in [0.2, 0.25) is 0 Å². The summed E-state index contributed by atoms with van der Waals surface area (Å²) in [4.78, 5) is 8.67. The van der Waals surface area contributed by atoms with E-state index in [1.54, 1.807) is 18.3 Å². The van der Waals surface area contributed by atoms with Gasteiger partial charge in [0.2, 0.25) is 0 Å². The third-order valence-corrected chi connectivity index (χ3v) is 6.95. The predicted molar refractivity (Wildman–Crippen MR) is 144 cm³/mol. The van der Waals surface area contributed by atoms with Crippen LogP contribution < -0.4 is 5.32 Å². The number of anilines is 1. The number of halogens is 3. The van der Waals surface area contributed by atoms with Gasteiger partial charge in [-0.15, -0.1) is 0 Å². The zero-order valence-corrected chi connectivity index (χ0v) is 21.5. The number of alkyl halides is 3. The summed E-state index contributed by atoms with van der Waals surface area (Å²) < 4.78 is 43.7. The molecule has 8 heteroatoms. The highest BCUT2D eigenvalue weighted by atomic mass is 19.4. The molecule has 0 radical (unpaired) electrons. The van der Waals surface area contributed by atoms with Gasteiger partial charge in [0, 0.05) is 56.7 Å². The van der Waals surface area contributed by atoms with E-state index in [-0.39, 0.29) is 0 Å². The third kappa shape index (κ3) is 6.01. The topological polar surface area (TPSA) is 35.8 Å². The van der Waals surface area contributed by atoms with Crippen LogP contribution in [0, 0.1) is 18.8 Å². The maximum Gasteiger partial charge on any atom is 0.416 e. The Morgan fingerprint density at radius 1 is 0.974 bits per heavy atom. The molecule has 0 aliphatic carbocycles. The first-order valence-electron chi connectivity index (χ1n) is 12.6. The molecule has 38 heavy (non-hydrogen) atoms. The number of imidazole rings is 1. The first-order valence-corrected chi connectivity index (χ1v) is 12.6. The number of rotatable bonds is 5. The first kappa shape index (κ1) is 25.8. The normalized spacial score (nSPS) is 14.9. The summed E-state index contributed by atoms with van der Waals surface area (Å²) >= 11 is 0. The molecule has 196 valence electrons. The molecule has 5 rings (SSSR count). The van der Waals surface area contributed by atoms with Crippen molar-refractivity contribution in [1.82, 2.24) is 19.2 Å². The molecule has 1 aliphatic rings. The van der Waals surface area contributed by atoms with Crippen LogP contribution in [0.1, 0.15) is 33.6 Å². The van der Waals surface area contributed by atoms with Crippen molar-refractivity contribution in [1.29, 1.82) is 0 Å². The van der Waals surface area contributed by atoms with Crippen LogP contribution >= 0.6 is 0 Å². The van der Waals surface area contributed by atoms with Gasteiger partial charge in [0.05, 0.1) is 17.3 Å². The van der Waals surface area contributed by atoms with E-state index in [1.165, 1.54) is 6.07 Å². The Kier molecular flexibility index (Phi) is 7.41. The van der Waals surface area contributed by atoms with E-state index >= 15 is 0 Å². The fourth-order valence-corrected chi connectivity index (χ4v) is 4.61. The zero-order valence-electron chi connectivity index (χ0n) is 21.5. The smallest absolute Gasteiger partial charge is 0.381 e. The molecule has 1 fully saturated rings. The van der Waals surface area contributed by atoms with E-state index in [4.69, 9.17) is 0 Å². The van der Waals surface area contributed by atoms with Crippen LogP contribution in [0.3, 0.4) is 0 Å². The lowest BCUT2D eigenvalue weighted by Gasteiger charge is -2.33. The highest BCUT2D eigenvalue weighted by molar-refractivity contribution is 5.53. The Balaban J connectivity index is 1.31. The average Bonchev–Trinajstić information content (AvgIpc) is 3.32. The molecule has 1 N–H and O–H groups in total. The lowest BCUT2D eigenvalue weighted by atomic mass is 10.0. The van der Waals surface area contributed by atoms with Crippen molar-refractivity contribution in [3.8, 4) is 11.8 Å². The Bertz CT molecular complexity index is 1490. The maximum absolute atomic E-state index is 13.9. The molecule has 4 aromatic rings. The van der Waals surface area contributed by atoms with Crippen molar-refractivity contribution in [2.75, 3.05) is 38.5 Å². The summed E-state index contributed by atoms with van der Waals surface area (Å²) in [5, 5.41) is 3.17. The van der Waals surface area contributed by atoms with Crippen LogP contribution in [0.15, 0.2) is 67.0 Å². The van der Waals surface area contributed by atoms with Crippen molar-refractivity contribution < 1.29 is 13.2 Å². The molecule has 0 unspecified atom stereocenters. The van der Waals surface area contributed by atoms with Gasteiger partial charge in [-0.25, -0.2) is 4.98 Å². The monoisotopic (exact) mass is 517 g/mol. The molecule has 2 aromatic heterocycles. The van der Waals surface area contributed by atoms with Crippen molar-refractivity contribution in [3.63, 3.8) is 0 Å². The molecular weight excluding hydrogens is 487 g/mol. The van der Waals surface area contributed by atoms with Crippen LogP contribution in [-0.4, -0.2) is 52.4 Å². The largest absolute Gasteiger partial charge is 0.416 e. The van der Waals surface area contributed by atoms with Crippen LogP contribution in [-0.2, 0) is 19.3 Å². The lowest BCUT2D eigenvalue weighted by Crippen LogP contribution is -2.44. The quantitative estimate of drug-likeness (QED) is 0.359. The second-order valence-corrected chi connectivity index (χ2v) is 9.78. The van der Waals surface area contributed by atoms with Gasteiger partial charge in [0.15, 0.2) is 5.82 Å². The summed E-state index contributed by atoms with van der Waals surface area (Å²) in [7, 11) is 2.03.